The van der Waals surface area contributed by atoms with Crippen molar-refractivity contribution >= 4 is 45.1 Å². The van der Waals surface area contributed by atoms with Gasteiger partial charge in [0.2, 0.25) is 0 Å². The van der Waals surface area contributed by atoms with Gasteiger partial charge in [0, 0.05) is 23.2 Å². The lowest BCUT2D eigenvalue weighted by Gasteiger charge is -2.03. The van der Waals surface area contributed by atoms with Gasteiger partial charge in [-0.25, -0.2) is 9.97 Å². The van der Waals surface area contributed by atoms with Crippen LogP contribution in [0.4, 0.5) is 0 Å². The lowest BCUT2D eigenvalue weighted by atomic mass is 10.2. The molecule has 0 aliphatic heterocycles. The molecule has 0 fully saturated rings. The molecule has 0 amide bonds. The molecule has 0 saturated heterocycles. The summed E-state index contributed by atoms with van der Waals surface area (Å²) in [5, 5.41) is 0. The average molecular weight is 485 g/mol. The number of rotatable bonds is 6. The molecule has 0 radical (unpaired) electrons. The SMILES string of the molecule is CC(C)N=C(N)c1ccc2nc(-c3ccc(-c4nc5ccc(C(N)=NC(C)C)cc5[nH]4)s3)[nH]c2c1. The monoisotopic (exact) mass is 484 g/mol. The summed E-state index contributed by atoms with van der Waals surface area (Å²) in [6.45, 7) is 8.02. The van der Waals surface area contributed by atoms with E-state index in [1.54, 1.807) is 11.3 Å². The van der Waals surface area contributed by atoms with Crippen molar-refractivity contribution in [3.8, 4) is 21.4 Å². The molecular formula is C26H28N8S. The van der Waals surface area contributed by atoms with Gasteiger partial charge in [-0.2, -0.15) is 0 Å². The molecule has 0 atom stereocenters. The molecular weight excluding hydrogens is 456 g/mol. The van der Waals surface area contributed by atoms with E-state index in [-0.39, 0.29) is 12.1 Å². The maximum Gasteiger partial charge on any atom is 0.148 e. The average Bonchev–Trinajstić information content (AvgIpc) is 3.54. The van der Waals surface area contributed by atoms with Crippen LogP contribution in [0.3, 0.4) is 0 Å². The van der Waals surface area contributed by atoms with E-state index in [0.717, 1.165) is 54.6 Å². The molecule has 5 rings (SSSR count). The van der Waals surface area contributed by atoms with Crippen LogP contribution in [0, 0.1) is 0 Å². The summed E-state index contributed by atoms with van der Waals surface area (Å²) < 4.78 is 0. The van der Waals surface area contributed by atoms with Crippen LogP contribution in [0.1, 0.15) is 38.8 Å². The fourth-order valence-corrected chi connectivity index (χ4v) is 4.76. The lowest BCUT2D eigenvalue weighted by molar-refractivity contribution is 0.834. The number of aromatic nitrogens is 4. The Morgan fingerprint density at radius 2 is 1.14 bits per heavy atom. The molecule has 35 heavy (non-hydrogen) atoms. The van der Waals surface area contributed by atoms with Gasteiger partial charge in [0.1, 0.15) is 23.3 Å². The number of benzene rings is 2. The number of fused-ring (bicyclic) bond motifs is 2. The van der Waals surface area contributed by atoms with Crippen LogP contribution in [0.15, 0.2) is 58.5 Å². The minimum Gasteiger partial charge on any atom is -0.383 e. The van der Waals surface area contributed by atoms with Crippen LogP contribution in [-0.2, 0) is 0 Å². The summed E-state index contributed by atoms with van der Waals surface area (Å²) in [5.41, 5.74) is 17.7. The van der Waals surface area contributed by atoms with Crippen molar-refractivity contribution in [3.63, 3.8) is 0 Å². The van der Waals surface area contributed by atoms with E-state index in [1.807, 2.05) is 64.1 Å². The van der Waals surface area contributed by atoms with Crippen molar-refractivity contribution in [3.05, 3.63) is 59.7 Å². The Morgan fingerprint density at radius 1 is 0.714 bits per heavy atom. The zero-order valence-electron chi connectivity index (χ0n) is 20.1. The quantitative estimate of drug-likeness (QED) is 0.198. The fourth-order valence-electron chi connectivity index (χ4n) is 3.87. The maximum absolute atomic E-state index is 6.15. The largest absolute Gasteiger partial charge is 0.383 e. The van der Waals surface area contributed by atoms with E-state index in [1.165, 1.54) is 0 Å². The van der Waals surface area contributed by atoms with Crippen molar-refractivity contribution in [2.45, 2.75) is 39.8 Å². The summed E-state index contributed by atoms with van der Waals surface area (Å²) in [6.07, 6.45) is 0. The third-order valence-corrected chi connectivity index (χ3v) is 6.52. The van der Waals surface area contributed by atoms with Crippen LogP contribution in [-0.4, -0.2) is 43.7 Å². The molecule has 0 bridgehead atoms. The first kappa shape index (κ1) is 22.8. The van der Waals surface area contributed by atoms with Gasteiger partial charge in [-0.05, 0) is 76.2 Å². The number of aliphatic imine (C=N–C) groups is 2. The van der Waals surface area contributed by atoms with Gasteiger partial charge < -0.3 is 21.4 Å². The van der Waals surface area contributed by atoms with Crippen LogP contribution in [0.5, 0.6) is 0 Å². The minimum atomic E-state index is 0.142. The van der Waals surface area contributed by atoms with Crippen LogP contribution in [0.2, 0.25) is 0 Å². The second kappa shape index (κ2) is 8.99. The van der Waals surface area contributed by atoms with Gasteiger partial charge in [-0.1, -0.05) is 0 Å². The molecule has 5 aromatic rings. The molecule has 0 aliphatic rings. The molecule has 0 spiro atoms. The third-order valence-electron chi connectivity index (χ3n) is 5.42. The summed E-state index contributed by atoms with van der Waals surface area (Å²) in [4.78, 5) is 27.3. The van der Waals surface area contributed by atoms with E-state index in [4.69, 9.17) is 21.4 Å². The third kappa shape index (κ3) is 4.67. The molecule has 0 unspecified atom stereocenters. The molecule has 3 aromatic heterocycles. The minimum absolute atomic E-state index is 0.142. The van der Waals surface area contributed by atoms with Gasteiger partial charge in [-0.3, -0.25) is 9.98 Å². The van der Waals surface area contributed by atoms with Gasteiger partial charge in [-0.15, -0.1) is 11.3 Å². The first-order chi connectivity index (χ1) is 16.8. The van der Waals surface area contributed by atoms with Gasteiger partial charge in [0.25, 0.3) is 0 Å². The lowest BCUT2D eigenvalue weighted by Crippen LogP contribution is -2.15. The maximum atomic E-state index is 6.15. The van der Waals surface area contributed by atoms with Gasteiger partial charge in [0.15, 0.2) is 0 Å². The highest BCUT2D eigenvalue weighted by atomic mass is 32.1. The van der Waals surface area contributed by atoms with E-state index >= 15 is 0 Å². The number of H-pyrrole nitrogens is 2. The van der Waals surface area contributed by atoms with Crippen LogP contribution < -0.4 is 11.5 Å². The molecule has 178 valence electrons. The second-order valence-corrected chi connectivity index (χ2v) is 10.1. The number of thiophene rings is 1. The number of amidine groups is 2. The number of imidazole rings is 2. The smallest absolute Gasteiger partial charge is 0.148 e. The molecule has 0 saturated carbocycles. The topological polar surface area (TPSA) is 134 Å². The Hall–Kier alpha value is -3.98. The van der Waals surface area contributed by atoms with Gasteiger partial charge in [0.05, 0.1) is 31.8 Å². The fraction of sp³-hybridized carbons (Fsp3) is 0.231. The Balaban J connectivity index is 1.44. The highest BCUT2D eigenvalue weighted by Crippen LogP contribution is 2.34. The number of nitrogens with two attached hydrogens (primary N) is 2. The van der Waals surface area contributed by atoms with E-state index in [9.17, 15) is 0 Å². The molecule has 3 heterocycles. The predicted octanol–water partition coefficient (Wildman–Crippen LogP) is 5.06. The Kier molecular flexibility index (Phi) is 5.86. The normalized spacial score (nSPS) is 13.1. The number of aromatic amines is 2. The molecule has 9 heteroatoms. The molecule has 6 N–H and O–H groups in total. The first-order valence-corrected chi connectivity index (χ1v) is 12.4. The number of hydrogen-bond donors (Lipinski definition) is 4. The number of nitrogens with one attached hydrogen (secondary N) is 2. The molecule has 8 nitrogen and oxygen atoms in total. The van der Waals surface area contributed by atoms with Crippen molar-refractivity contribution in [1.29, 1.82) is 0 Å². The van der Waals surface area contributed by atoms with Gasteiger partial charge >= 0.3 is 0 Å². The standard InChI is InChI=1S/C26H28N8S/c1-13(2)29-23(27)15-5-7-17-19(11-15)33-25(31-17)21-9-10-22(35-21)26-32-18-8-6-16(12-20(18)34-26)24(28)30-14(3)4/h5-14H,1-4H3,(H2,27,29)(H2,28,30)(H,31,33)(H,32,34). The summed E-state index contributed by atoms with van der Waals surface area (Å²) in [7, 11) is 0. The van der Waals surface area contributed by atoms with E-state index in [0.29, 0.717) is 11.7 Å². The second-order valence-electron chi connectivity index (χ2n) is 9.01. The highest BCUT2D eigenvalue weighted by molar-refractivity contribution is 7.18. The highest BCUT2D eigenvalue weighted by Gasteiger charge is 2.13. The van der Waals surface area contributed by atoms with Crippen molar-refractivity contribution in [1.82, 2.24) is 19.9 Å². The van der Waals surface area contributed by atoms with Crippen molar-refractivity contribution < 1.29 is 0 Å². The summed E-state index contributed by atoms with van der Waals surface area (Å²) in [5.74, 6) is 2.68. The predicted molar refractivity (Wildman–Crippen MR) is 146 cm³/mol. The van der Waals surface area contributed by atoms with E-state index in [2.05, 4.69) is 32.1 Å². The zero-order chi connectivity index (χ0) is 24.7. The Morgan fingerprint density at radius 3 is 1.54 bits per heavy atom. The van der Waals surface area contributed by atoms with E-state index < -0.39 is 0 Å². The summed E-state index contributed by atoms with van der Waals surface area (Å²) in [6, 6.07) is 16.2. The Bertz CT molecular complexity index is 1460. The van der Waals surface area contributed by atoms with Crippen molar-refractivity contribution in [2.24, 2.45) is 21.5 Å². The Labute approximate surface area is 207 Å². The zero-order valence-corrected chi connectivity index (χ0v) is 20.9. The first-order valence-electron chi connectivity index (χ1n) is 11.5. The molecule has 2 aromatic carbocycles. The van der Waals surface area contributed by atoms with Crippen LogP contribution in [0.25, 0.3) is 43.5 Å². The molecule has 0 aliphatic carbocycles. The number of nitrogens with zero attached hydrogens (tertiary/aromatic N) is 4. The van der Waals surface area contributed by atoms with Crippen LogP contribution >= 0.6 is 11.3 Å². The van der Waals surface area contributed by atoms with Crippen molar-refractivity contribution in [2.75, 3.05) is 0 Å². The number of hydrogen-bond acceptors (Lipinski definition) is 5. The summed E-state index contributed by atoms with van der Waals surface area (Å²) >= 11 is 1.62.